The minimum absolute atomic E-state index is 0.0172. The number of rotatable bonds is 20. The smallest absolute Gasteiger partial charge is 0.147 e. The fraction of sp³-hybridized carbons (Fsp3) is 0.0303. The zero-order valence-electron chi connectivity index (χ0n) is 79.9. The van der Waals surface area contributed by atoms with E-state index in [1.165, 1.54) is 106 Å². The molecule has 0 unspecified atom stereocenters. The first-order valence-electron chi connectivity index (χ1n) is 48.2. The molecule has 24 aromatic carbocycles. The molecule has 0 aromatic heterocycles. The van der Waals surface area contributed by atoms with Crippen molar-refractivity contribution in [1.29, 1.82) is 0 Å². The number of benzene rings is 24. The lowest BCUT2D eigenvalue weighted by atomic mass is 9.91. The molecule has 0 amide bonds. The van der Waals surface area contributed by atoms with Gasteiger partial charge in [0.1, 0.15) is 69.8 Å². The maximum Gasteiger partial charge on any atom is 0.147 e. The van der Waals surface area contributed by atoms with Crippen molar-refractivity contribution in [2.75, 3.05) is 19.6 Å². The molecule has 0 atom stereocenters. The highest BCUT2D eigenvalue weighted by molar-refractivity contribution is 6.30. The third kappa shape index (κ3) is 17.2. The van der Waals surface area contributed by atoms with Gasteiger partial charge < -0.3 is 19.6 Å². The third-order valence-electron chi connectivity index (χ3n) is 27.9. The van der Waals surface area contributed by atoms with Gasteiger partial charge in [0.15, 0.2) is 0 Å². The molecule has 0 heterocycles. The Balaban J connectivity index is 0.000000163. The number of aryl methyl sites for hydroxylation is 4. The molecule has 16 heteroatoms. The molecule has 0 spiro atoms. The maximum absolute atomic E-state index is 16.8. The predicted molar refractivity (Wildman–Crippen MR) is 581 cm³/mol. The van der Waals surface area contributed by atoms with Gasteiger partial charge in [0.2, 0.25) is 0 Å². The largest absolute Gasteiger partial charge is 0.304 e. The Labute approximate surface area is 845 Å². The summed E-state index contributed by atoms with van der Waals surface area (Å²) in [6.45, 7) is 7.08. The second kappa shape index (κ2) is 38.4. The molecule has 0 saturated heterocycles. The zero-order valence-corrected chi connectivity index (χ0v) is 79.9. The Morgan fingerprint density at radius 1 is 0.128 bits per heavy atom. The van der Waals surface area contributed by atoms with Crippen LogP contribution >= 0.6 is 0 Å². The monoisotopic (exact) mass is 1950 g/mol. The maximum atomic E-state index is 16.8. The molecule has 0 aliphatic carbocycles. The standard InChI is InChI=1S/2C66H42F6N2/c1-39-13-29-61(57(71)33-39)73(63-37-47(19-27-54(63)68)46-17-23-49(56(70)36-46)42-11-7-4-8-12-42)59-31-21-43-16-25-51-60(32-22-44-15-24-50(59)65(43)66(44)51)74(62-30-14-40(2)34-58(62)72)64-38-48(20-28-55(64)69)52-35-45(18-26-53(52)67)41-9-5-3-6-10-41;1-39-13-29-61(57(71)33-39)73(63-37-47(19-27-55(63)69)51-35-45(17-25-53(51)67)41-9-5-3-6-10-41)59-31-21-43-16-24-50-60(32-22-44-15-23-49(59)65(43)66(44)50)74(62-30-14-40(2)34-58(62)72)64-38-48(20-28-56(64)70)52-36-46(18-26-54(52)68)42-11-7-4-8-12-42/h2*3-38H,1-2H3. The molecule has 24 aromatic rings. The second-order valence-electron chi connectivity index (χ2n) is 37.3. The molecule has 0 radical (unpaired) electrons. The first-order valence-corrected chi connectivity index (χ1v) is 48.2. The fourth-order valence-corrected chi connectivity index (χ4v) is 20.7. The van der Waals surface area contributed by atoms with E-state index in [9.17, 15) is 0 Å². The van der Waals surface area contributed by atoms with Crippen molar-refractivity contribution in [3.05, 3.63) is 529 Å². The summed E-state index contributed by atoms with van der Waals surface area (Å²) in [5.41, 5.74) is 13.5. The van der Waals surface area contributed by atoms with Crippen molar-refractivity contribution >= 4 is 133 Å². The Morgan fingerprint density at radius 3 is 0.608 bits per heavy atom. The molecule has 0 N–H and O–H groups in total. The lowest BCUT2D eigenvalue weighted by Gasteiger charge is -2.30. The van der Waals surface area contributed by atoms with E-state index in [1.807, 2.05) is 218 Å². The van der Waals surface area contributed by atoms with Gasteiger partial charge >= 0.3 is 0 Å². The predicted octanol–water partition coefficient (Wildman–Crippen LogP) is 39.3. The first kappa shape index (κ1) is 93.4. The Hall–Kier alpha value is -18.3. The molecule has 0 fully saturated rings. The molecule has 24 rings (SSSR count). The van der Waals surface area contributed by atoms with Gasteiger partial charge in [0.05, 0.1) is 68.2 Å². The van der Waals surface area contributed by atoms with Crippen LogP contribution in [0, 0.1) is 97.5 Å². The van der Waals surface area contributed by atoms with E-state index in [-0.39, 0.29) is 62.2 Å². The SMILES string of the molecule is Cc1ccc(N(c2cc(-c3cc(-c4ccccc4)ccc3F)ccc2F)c2ccc3ccc4c(N(c5ccc(C)cc5F)c5cc(-c6cc(-c7ccccc7)ccc6F)ccc5F)ccc5ccc2c3c54)c(F)c1.Cc1ccc(N(c2cc(-c3ccc(-c4ccccc4)c(F)c3)ccc2F)c2ccc3ccc4c(N(c5ccc(C)cc5F)c5cc(-c6cc(-c7ccccc7)ccc6F)ccc5F)ccc5ccc2c3c54)c(F)c1. The average molecular weight is 1950 g/mol. The molecule has 0 bridgehead atoms. The van der Waals surface area contributed by atoms with E-state index >= 15 is 52.7 Å². The number of anilines is 12. The van der Waals surface area contributed by atoms with Crippen LogP contribution in [0.2, 0.25) is 0 Å². The minimum atomic E-state index is -0.673. The first-order chi connectivity index (χ1) is 72.0. The van der Waals surface area contributed by atoms with Gasteiger partial charge in [-0.1, -0.05) is 273 Å². The van der Waals surface area contributed by atoms with Crippen LogP contribution < -0.4 is 19.6 Å². The van der Waals surface area contributed by atoms with Crippen molar-refractivity contribution < 1.29 is 52.7 Å². The van der Waals surface area contributed by atoms with Gasteiger partial charge in [-0.3, -0.25) is 0 Å². The van der Waals surface area contributed by atoms with Crippen molar-refractivity contribution in [1.82, 2.24) is 0 Å². The highest BCUT2D eigenvalue weighted by atomic mass is 19.2. The molecule has 148 heavy (non-hydrogen) atoms. The van der Waals surface area contributed by atoms with Crippen LogP contribution in [0.1, 0.15) is 22.3 Å². The third-order valence-corrected chi connectivity index (χ3v) is 27.9. The van der Waals surface area contributed by atoms with Crippen LogP contribution in [-0.2, 0) is 0 Å². The van der Waals surface area contributed by atoms with Crippen molar-refractivity contribution in [3.63, 3.8) is 0 Å². The van der Waals surface area contributed by atoms with Crippen LogP contribution in [0.3, 0.4) is 0 Å². The van der Waals surface area contributed by atoms with Gasteiger partial charge in [-0.15, -0.1) is 0 Å². The highest BCUT2D eigenvalue weighted by Gasteiger charge is 2.33. The summed E-state index contributed by atoms with van der Waals surface area (Å²) in [5, 5.41) is 8.65. The highest BCUT2D eigenvalue weighted by Crippen LogP contribution is 2.55. The summed E-state index contributed by atoms with van der Waals surface area (Å²) in [4.78, 5) is 6.14. The van der Waals surface area contributed by atoms with Crippen LogP contribution in [-0.4, -0.2) is 0 Å². The van der Waals surface area contributed by atoms with E-state index in [0.29, 0.717) is 105 Å². The zero-order chi connectivity index (χ0) is 102. The van der Waals surface area contributed by atoms with Crippen molar-refractivity contribution in [3.8, 4) is 89.0 Å². The lowest BCUT2D eigenvalue weighted by molar-refractivity contribution is 0.618. The van der Waals surface area contributed by atoms with Gasteiger partial charge in [-0.05, 0) is 324 Å². The molecule has 4 nitrogen and oxygen atoms in total. The molecule has 0 saturated carbocycles. The quantitative estimate of drug-likeness (QED) is 0.0557. The number of nitrogens with zero attached hydrogens (tertiary/aromatic N) is 4. The fourth-order valence-electron chi connectivity index (χ4n) is 20.7. The van der Waals surface area contributed by atoms with Gasteiger partial charge in [0, 0.05) is 43.8 Å². The van der Waals surface area contributed by atoms with E-state index in [4.69, 9.17) is 0 Å². The van der Waals surface area contributed by atoms with Crippen molar-refractivity contribution in [2.24, 2.45) is 0 Å². The van der Waals surface area contributed by atoms with Crippen LogP contribution in [0.4, 0.5) is 121 Å². The van der Waals surface area contributed by atoms with E-state index in [1.54, 1.807) is 160 Å². The Morgan fingerprint density at radius 2 is 0.345 bits per heavy atom. The van der Waals surface area contributed by atoms with Gasteiger partial charge in [-0.2, -0.15) is 0 Å². The molecule has 716 valence electrons. The Kier molecular flexibility index (Phi) is 24.3. The average Bonchev–Trinajstić information content (AvgIpc) is 0.717. The topological polar surface area (TPSA) is 13.0 Å². The van der Waals surface area contributed by atoms with E-state index < -0.39 is 69.8 Å². The summed E-state index contributed by atoms with van der Waals surface area (Å²) in [7, 11) is 0. The summed E-state index contributed by atoms with van der Waals surface area (Å²) in [6.07, 6.45) is 0. The summed E-state index contributed by atoms with van der Waals surface area (Å²) in [6, 6.07) is 124. The van der Waals surface area contributed by atoms with Crippen LogP contribution in [0.5, 0.6) is 0 Å². The summed E-state index contributed by atoms with van der Waals surface area (Å²) in [5.74, 6) is -7.04. The van der Waals surface area contributed by atoms with Crippen LogP contribution in [0.15, 0.2) is 437 Å². The van der Waals surface area contributed by atoms with Gasteiger partial charge in [-0.25, -0.2) is 52.7 Å². The van der Waals surface area contributed by atoms with E-state index in [2.05, 4.69) is 0 Å². The second-order valence-corrected chi connectivity index (χ2v) is 37.3. The number of halogens is 12. The minimum Gasteiger partial charge on any atom is -0.304 e. The summed E-state index contributed by atoms with van der Waals surface area (Å²) >= 11 is 0. The van der Waals surface area contributed by atoms with Crippen molar-refractivity contribution in [2.45, 2.75) is 27.7 Å². The number of hydrogen-bond acceptors (Lipinski definition) is 4. The molecule has 0 aliphatic heterocycles. The lowest BCUT2D eigenvalue weighted by Crippen LogP contribution is -2.15. The molecular weight excluding hydrogens is 1870 g/mol. The molecule has 0 aliphatic rings. The number of hydrogen-bond donors (Lipinski definition) is 0. The van der Waals surface area contributed by atoms with E-state index in [0.717, 1.165) is 76.5 Å². The Bertz CT molecular complexity index is 9080. The van der Waals surface area contributed by atoms with Gasteiger partial charge in [0.25, 0.3) is 0 Å². The summed E-state index contributed by atoms with van der Waals surface area (Å²) < 4.78 is 197. The normalized spacial score (nSPS) is 11.5. The molecular formula is C132H84F12N4. The van der Waals surface area contributed by atoms with Crippen LogP contribution in [0.25, 0.3) is 154 Å².